The number of piperidine rings is 1. The summed E-state index contributed by atoms with van der Waals surface area (Å²) in [4.78, 5) is 0. The number of benzene rings is 1. The summed E-state index contributed by atoms with van der Waals surface area (Å²) in [6, 6.07) is 5.98. The molecule has 1 aliphatic heterocycles. The maximum Gasteiger partial charge on any atom is 0.416 e. The summed E-state index contributed by atoms with van der Waals surface area (Å²) >= 11 is 0. The molecule has 1 fully saturated rings. The molecule has 3 atom stereocenters. The van der Waals surface area contributed by atoms with Crippen molar-refractivity contribution in [3.63, 3.8) is 0 Å². The molecule has 1 aromatic rings. The molecule has 1 saturated heterocycles. The fourth-order valence-corrected chi connectivity index (χ4v) is 2.40. The average molecular weight is 272 g/mol. The van der Waals surface area contributed by atoms with Gasteiger partial charge in [-0.1, -0.05) is 6.92 Å². The zero-order chi connectivity index (χ0) is 14.0. The largest absolute Gasteiger partial charge is 0.416 e. The second-order valence-electron chi connectivity index (χ2n) is 5.35. The third kappa shape index (κ3) is 3.62. The minimum Gasteiger partial charge on any atom is -0.382 e. The summed E-state index contributed by atoms with van der Waals surface area (Å²) in [5.74, 6) is 0.457. The van der Waals surface area contributed by atoms with Gasteiger partial charge in [-0.2, -0.15) is 13.2 Å². The highest BCUT2D eigenvalue weighted by Gasteiger charge is 2.30. The van der Waals surface area contributed by atoms with E-state index in [0.717, 1.165) is 30.8 Å². The molecule has 1 aliphatic rings. The molecule has 2 rings (SSSR count). The first kappa shape index (κ1) is 14.2. The normalized spacial score (nSPS) is 28.2. The van der Waals surface area contributed by atoms with E-state index in [-0.39, 0.29) is 0 Å². The van der Waals surface area contributed by atoms with Gasteiger partial charge >= 0.3 is 6.18 Å². The molecule has 19 heavy (non-hydrogen) atoms. The number of halogens is 3. The topological polar surface area (TPSA) is 24.1 Å². The quantitative estimate of drug-likeness (QED) is 0.861. The van der Waals surface area contributed by atoms with Gasteiger partial charge in [-0.15, -0.1) is 0 Å². The smallest absolute Gasteiger partial charge is 0.382 e. The highest BCUT2D eigenvalue weighted by Crippen LogP contribution is 2.30. The van der Waals surface area contributed by atoms with Crippen molar-refractivity contribution in [2.75, 3.05) is 11.9 Å². The Hall–Kier alpha value is -1.23. The standard InChI is InChI=1S/C14H19F3N2/c1-9-8-18-10(2)7-13(9)19-12-5-3-11(4-6-12)14(15,16)17/h3-6,9-10,13,18-19H,7-8H2,1-2H3/t9-,10-,13?/m0/s1. The second kappa shape index (κ2) is 5.41. The first-order valence-corrected chi connectivity index (χ1v) is 6.53. The minimum absolute atomic E-state index is 0.299. The van der Waals surface area contributed by atoms with Gasteiger partial charge in [-0.25, -0.2) is 0 Å². The number of hydrogen-bond acceptors (Lipinski definition) is 2. The summed E-state index contributed by atoms with van der Waals surface area (Å²) in [5.41, 5.74) is 0.142. The minimum atomic E-state index is -4.27. The molecular weight excluding hydrogens is 253 g/mol. The van der Waals surface area contributed by atoms with Gasteiger partial charge in [0.1, 0.15) is 0 Å². The molecule has 0 bridgehead atoms. The molecule has 2 N–H and O–H groups in total. The molecule has 1 unspecified atom stereocenters. The third-order valence-electron chi connectivity index (χ3n) is 3.65. The van der Waals surface area contributed by atoms with Crippen molar-refractivity contribution >= 4 is 5.69 Å². The van der Waals surface area contributed by atoms with Crippen molar-refractivity contribution < 1.29 is 13.2 Å². The average Bonchev–Trinajstić information content (AvgIpc) is 2.33. The second-order valence-corrected chi connectivity index (χ2v) is 5.35. The lowest BCUT2D eigenvalue weighted by atomic mass is 9.91. The lowest BCUT2D eigenvalue weighted by Crippen LogP contribution is -2.47. The van der Waals surface area contributed by atoms with Gasteiger partial charge in [0.2, 0.25) is 0 Å². The van der Waals surface area contributed by atoms with Crippen LogP contribution in [0.1, 0.15) is 25.8 Å². The zero-order valence-corrected chi connectivity index (χ0v) is 11.1. The first-order valence-electron chi connectivity index (χ1n) is 6.53. The highest BCUT2D eigenvalue weighted by molar-refractivity contribution is 5.46. The molecule has 2 nitrogen and oxygen atoms in total. The van der Waals surface area contributed by atoms with Crippen molar-refractivity contribution in [3.05, 3.63) is 29.8 Å². The number of rotatable bonds is 2. The first-order chi connectivity index (χ1) is 8.86. The summed E-state index contributed by atoms with van der Waals surface area (Å²) in [5, 5.41) is 6.72. The lowest BCUT2D eigenvalue weighted by molar-refractivity contribution is -0.137. The Morgan fingerprint density at radius 1 is 1.16 bits per heavy atom. The fraction of sp³-hybridized carbons (Fsp3) is 0.571. The Bertz CT molecular complexity index is 414. The molecule has 1 aromatic carbocycles. The van der Waals surface area contributed by atoms with Crippen LogP contribution in [0.15, 0.2) is 24.3 Å². The van der Waals surface area contributed by atoms with Crippen molar-refractivity contribution in [3.8, 4) is 0 Å². The van der Waals surface area contributed by atoms with Gasteiger partial charge < -0.3 is 10.6 Å². The van der Waals surface area contributed by atoms with Gasteiger partial charge in [0.05, 0.1) is 5.56 Å². The molecule has 0 saturated carbocycles. The van der Waals surface area contributed by atoms with Crippen LogP contribution in [-0.2, 0) is 6.18 Å². The van der Waals surface area contributed by atoms with Gasteiger partial charge in [0.25, 0.3) is 0 Å². The van der Waals surface area contributed by atoms with Crippen molar-refractivity contribution in [2.45, 2.75) is 38.5 Å². The Morgan fingerprint density at radius 2 is 1.79 bits per heavy atom. The summed E-state index contributed by atoms with van der Waals surface area (Å²) in [7, 11) is 0. The SMILES string of the molecule is C[C@H]1CC(Nc2ccc(C(F)(F)F)cc2)[C@@H](C)CN1. The van der Waals surface area contributed by atoms with Gasteiger partial charge in [-0.3, -0.25) is 0 Å². The highest BCUT2D eigenvalue weighted by atomic mass is 19.4. The van der Waals surface area contributed by atoms with E-state index in [2.05, 4.69) is 24.5 Å². The molecule has 0 aromatic heterocycles. The molecule has 0 amide bonds. The van der Waals surface area contributed by atoms with E-state index in [1.807, 2.05) is 0 Å². The number of hydrogen-bond donors (Lipinski definition) is 2. The van der Waals surface area contributed by atoms with E-state index in [4.69, 9.17) is 0 Å². The van der Waals surface area contributed by atoms with Crippen LogP contribution in [0.25, 0.3) is 0 Å². The third-order valence-corrected chi connectivity index (χ3v) is 3.65. The van der Waals surface area contributed by atoms with E-state index < -0.39 is 11.7 Å². The van der Waals surface area contributed by atoms with E-state index in [0.29, 0.717) is 18.0 Å². The Labute approximate surface area is 111 Å². The van der Waals surface area contributed by atoms with E-state index in [1.165, 1.54) is 12.1 Å². The zero-order valence-electron chi connectivity index (χ0n) is 11.1. The Morgan fingerprint density at radius 3 is 2.37 bits per heavy atom. The fourth-order valence-electron chi connectivity index (χ4n) is 2.40. The van der Waals surface area contributed by atoms with E-state index >= 15 is 0 Å². The number of anilines is 1. The van der Waals surface area contributed by atoms with Crippen LogP contribution in [0.2, 0.25) is 0 Å². The predicted octanol–water partition coefficient (Wildman–Crippen LogP) is 3.50. The van der Waals surface area contributed by atoms with Crippen LogP contribution < -0.4 is 10.6 Å². The summed E-state index contributed by atoms with van der Waals surface area (Å²) in [6.07, 6.45) is -3.29. The summed E-state index contributed by atoms with van der Waals surface area (Å²) < 4.78 is 37.4. The molecule has 0 radical (unpaired) electrons. The van der Waals surface area contributed by atoms with Crippen LogP contribution in [0.4, 0.5) is 18.9 Å². The maximum absolute atomic E-state index is 12.5. The Balaban J connectivity index is 2.03. The van der Waals surface area contributed by atoms with Crippen LogP contribution in [0, 0.1) is 5.92 Å². The maximum atomic E-state index is 12.5. The molecule has 5 heteroatoms. The van der Waals surface area contributed by atoms with E-state index in [1.54, 1.807) is 0 Å². The number of nitrogens with one attached hydrogen (secondary N) is 2. The van der Waals surface area contributed by atoms with Gasteiger partial charge in [0.15, 0.2) is 0 Å². The summed E-state index contributed by atoms with van der Waals surface area (Å²) in [6.45, 7) is 5.19. The molecule has 106 valence electrons. The van der Waals surface area contributed by atoms with Crippen LogP contribution in [-0.4, -0.2) is 18.6 Å². The van der Waals surface area contributed by atoms with Crippen LogP contribution >= 0.6 is 0 Å². The number of alkyl halides is 3. The van der Waals surface area contributed by atoms with Crippen molar-refractivity contribution in [1.82, 2.24) is 5.32 Å². The molecular formula is C14H19F3N2. The molecule has 0 spiro atoms. The van der Waals surface area contributed by atoms with Crippen LogP contribution in [0.3, 0.4) is 0 Å². The van der Waals surface area contributed by atoms with Gasteiger partial charge in [-0.05, 0) is 50.1 Å². The van der Waals surface area contributed by atoms with Gasteiger partial charge in [0, 0.05) is 17.8 Å². The van der Waals surface area contributed by atoms with Crippen molar-refractivity contribution in [2.24, 2.45) is 5.92 Å². The molecule has 0 aliphatic carbocycles. The van der Waals surface area contributed by atoms with Crippen LogP contribution in [0.5, 0.6) is 0 Å². The van der Waals surface area contributed by atoms with Crippen molar-refractivity contribution in [1.29, 1.82) is 0 Å². The lowest BCUT2D eigenvalue weighted by Gasteiger charge is -2.35. The van der Waals surface area contributed by atoms with E-state index in [9.17, 15) is 13.2 Å². The molecule has 1 heterocycles. The Kier molecular flexibility index (Phi) is 4.04. The predicted molar refractivity (Wildman–Crippen MR) is 70.1 cm³/mol. The monoisotopic (exact) mass is 272 g/mol.